The van der Waals surface area contributed by atoms with Gasteiger partial charge in [0.1, 0.15) is 0 Å². The maximum absolute atomic E-state index is 10.2. The van der Waals surface area contributed by atoms with E-state index in [9.17, 15) is 5.11 Å². The summed E-state index contributed by atoms with van der Waals surface area (Å²) in [7, 11) is 0. The van der Waals surface area contributed by atoms with Gasteiger partial charge in [-0.3, -0.25) is 0 Å². The molecule has 2 heteroatoms. The number of fused-ring (bicyclic) bond motifs is 2. The number of rotatable bonds is 0. The number of hydrogen-bond acceptors (Lipinski definition) is 1. The molecular weight excluding hydrogens is 252 g/mol. The number of hydrogen-bond donors (Lipinski definition) is 1. The number of halogens is 1. The van der Waals surface area contributed by atoms with Crippen molar-refractivity contribution in [2.45, 2.75) is 43.6 Å². The second-order valence-corrected chi connectivity index (χ2v) is 5.69. The van der Waals surface area contributed by atoms with Crippen LogP contribution in [0.4, 0.5) is 0 Å². The molecule has 80 valence electrons. The van der Waals surface area contributed by atoms with Crippen LogP contribution in [0.2, 0.25) is 0 Å². The van der Waals surface area contributed by atoms with Crippen molar-refractivity contribution in [1.29, 1.82) is 0 Å². The summed E-state index contributed by atoms with van der Waals surface area (Å²) in [5.74, 6) is 0. The lowest BCUT2D eigenvalue weighted by molar-refractivity contribution is 0.0139. The van der Waals surface area contributed by atoms with E-state index >= 15 is 0 Å². The van der Waals surface area contributed by atoms with Crippen LogP contribution >= 0.6 is 15.9 Å². The van der Waals surface area contributed by atoms with E-state index in [1.54, 1.807) is 0 Å². The van der Waals surface area contributed by atoms with Crippen LogP contribution in [0.15, 0.2) is 22.7 Å². The van der Waals surface area contributed by atoms with Gasteiger partial charge in [-0.25, -0.2) is 0 Å². The van der Waals surface area contributed by atoms with Crippen LogP contribution in [0.5, 0.6) is 0 Å². The van der Waals surface area contributed by atoms with Crippen molar-refractivity contribution in [3.05, 3.63) is 33.8 Å². The van der Waals surface area contributed by atoms with E-state index < -0.39 is 0 Å². The molecule has 1 aromatic carbocycles. The molecule has 2 aliphatic rings. The molecule has 0 saturated heterocycles. The smallest absolute Gasteiger partial charge is 0.0640 e. The summed E-state index contributed by atoms with van der Waals surface area (Å²) in [5, 5.41) is 10.2. The molecule has 2 aliphatic carbocycles. The zero-order valence-corrected chi connectivity index (χ0v) is 10.3. The molecule has 1 aromatic rings. The Kier molecular flexibility index (Phi) is 2.18. The van der Waals surface area contributed by atoms with Crippen molar-refractivity contribution in [3.63, 3.8) is 0 Å². The maximum atomic E-state index is 10.2. The Hall–Kier alpha value is -0.340. The molecule has 1 N–H and O–H groups in total. The Morgan fingerprint density at radius 2 is 2.13 bits per heavy atom. The van der Waals surface area contributed by atoms with E-state index in [0.29, 0.717) is 0 Å². The van der Waals surface area contributed by atoms with Crippen molar-refractivity contribution in [2.24, 2.45) is 0 Å². The molecule has 0 radical (unpaired) electrons. The average Bonchev–Trinajstić information content (AvgIpc) is 2.16. The molecule has 1 fully saturated rings. The van der Waals surface area contributed by atoms with Crippen molar-refractivity contribution < 1.29 is 5.11 Å². The standard InChI is InChI=1S/C13H15BrO/c14-10-4-1-3-9-5-6-11(15)13(12(9)10)7-2-8-13/h1,3-4,11,15H,2,5-8H2. The molecule has 1 atom stereocenters. The zero-order valence-electron chi connectivity index (χ0n) is 8.67. The Morgan fingerprint density at radius 1 is 1.33 bits per heavy atom. The first-order valence-electron chi connectivity index (χ1n) is 5.70. The summed E-state index contributed by atoms with van der Waals surface area (Å²) in [6.07, 6.45) is 5.41. The van der Waals surface area contributed by atoms with Crippen LogP contribution in [0.3, 0.4) is 0 Å². The molecule has 0 aromatic heterocycles. The van der Waals surface area contributed by atoms with E-state index in [1.165, 1.54) is 22.0 Å². The number of aliphatic hydroxyl groups is 1. The Bertz CT molecular complexity index is 396. The first-order valence-corrected chi connectivity index (χ1v) is 6.49. The molecule has 1 unspecified atom stereocenters. The first kappa shape index (κ1) is 9.86. The summed E-state index contributed by atoms with van der Waals surface area (Å²) >= 11 is 3.65. The second-order valence-electron chi connectivity index (χ2n) is 4.84. The van der Waals surface area contributed by atoms with Crippen LogP contribution in [-0.4, -0.2) is 11.2 Å². The minimum atomic E-state index is -0.127. The Labute approximate surface area is 98.6 Å². The Morgan fingerprint density at radius 3 is 2.80 bits per heavy atom. The van der Waals surface area contributed by atoms with E-state index in [2.05, 4.69) is 34.1 Å². The third kappa shape index (κ3) is 1.24. The van der Waals surface area contributed by atoms with Gasteiger partial charge in [0.05, 0.1) is 6.10 Å². The number of aryl methyl sites for hydroxylation is 1. The monoisotopic (exact) mass is 266 g/mol. The number of aliphatic hydroxyl groups excluding tert-OH is 1. The van der Waals surface area contributed by atoms with Gasteiger partial charge >= 0.3 is 0 Å². The molecule has 0 bridgehead atoms. The van der Waals surface area contributed by atoms with Crippen molar-refractivity contribution in [1.82, 2.24) is 0 Å². The molecule has 0 aliphatic heterocycles. The number of benzene rings is 1. The second kappa shape index (κ2) is 3.33. The van der Waals surface area contributed by atoms with Gasteiger partial charge in [0, 0.05) is 9.89 Å². The van der Waals surface area contributed by atoms with Crippen molar-refractivity contribution >= 4 is 15.9 Å². The topological polar surface area (TPSA) is 20.2 Å². The van der Waals surface area contributed by atoms with Gasteiger partial charge in [0.15, 0.2) is 0 Å². The molecule has 0 heterocycles. The summed E-state index contributed by atoms with van der Waals surface area (Å²) in [4.78, 5) is 0. The average molecular weight is 267 g/mol. The largest absolute Gasteiger partial charge is 0.392 e. The van der Waals surface area contributed by atoms with Gasteiger partial charge in [-0.15, -0.1) is 0 Å². The highest BCUT2D eigenvalue weighted by Crippen LogP contribution is 2.53. The summed E-state index contributed by atoms with van der Waals surface area (Å²) in [5.41, 5.74) is 2.93. The van der Waals surface area contributed by atoms with Gasteiger partial charge in [0.25, 0.3) is 0 Å². The lowest BCUT2D eigenvalue weighted by atomic mass is 9.57. The van der Waals surface area contributed by atoms with Gasteiger partial charge in [-0.2, -0.15) is 0 Å². The van der Waals surface area contributed by atoms with E-state index in [4.69, 9.17) is 0 Å². The third-order valence-electron chi connectivity index (χ3n) is 4.17. The highest BCUT2D eigenvalue weighted by Gasteiger charge is 2.48. The quantitative estimate of drug-likeness (QED) is 0.765. The van der Waals surface area contributed by atoms with E-state index in [-0.39, 0.29) is 11.5 Å². The molecule has 0 amide bonds. The molecular formula is C13H15BrO. The predicted octanol–water partition coefficient (Wildman–Crippen LogP) is 3.18. The fourth-order valence-corrected chi connectivity index (χ4v) is 4.01. The van der Waals surface area contributed by atoms with Crippen molar-refractivity contribution in [2.75, 3.05) is 0 Å². The van der Waals surface area contributed by atoms with Crippen LogP contribution in [0.25, 0.3) is 0 Å². The van der Waals surface area contributed by atoms with Gasteiger partial charge in [-0.05, 0) is 42.9 Å². The van der Waals surface area contributed by atoms with Gasteiger partial charge in [-0.1, -0.05) is 34.5 Å². The fourth-order valence-electron chi connectivity index (χ4n) is 3.21. The lowest BCUT2D eigenvalue weighted by Crippen LogP contribution is -2.48. The predicted molar refractivity (Wildman–Crippen MR) is 64.0 cm³/mol. The Balaban J connectivity index is 2.18. The normalized spacial score (nSPS) is 27.2. The van der Waals surface area contributed by atoms with Crippen LogP contribution in [0.1, 0.15) is 36.8 Å². The summed E-state index contributed by atoms with van der Waals surface area (Å²) < 4.78 is 1.19. The van der Waals surface area contributed by atoms with Gasteiger partial charge in [0.2, 0.25) is 0 Å². The molecule has 1 saturated carbocycles. The van der Waals surface area contributed by atoms with Crippen LogP contribution in [0, 0.1) is 0 Å². The third-order valence-corrected chi connectivity index (χ3v) is 4.83. The van der Waals surface area contributed by atoms with Gasteiger partial charge < -0.3 is 5.11 Å². The SMILES string of the molecule is OC1CCc2cccc(Br)c2C12CCC2. The summed E-state index contributed by atoms with van der Waals surface area (Å²) in [6, 6.07) is 6.43. The first-order chi connectivity index (χ1) is 7.24. The molecule has 1 nitrogen and oxygen atoms in total. The van der Waals surface area contributed by atoms with Crippen molar-refractivity contribution in [3.8, 4) is 0 Å². The maximum Gasteiger partial charge on any atom is 0.0640 e. The van der Waals surface area contributed by atoms with E-state index in [1.807, 2.05) is 0 Å². The highest BCUT2D eigenvalue weighted by atomic mass is 79.9. The minimum absolute atomic E-state index is 0.0909. The van der Waals surface area contributed by atoms with E-state index in [0.717, 1.165) is 25.7 Å². The zero-order chi connectivity index (χ0) is 10.5. The van der Waals surface area contributed by atoms with Crippen LogP contribution in [-0.2, 0) is 11.8 Å². The van der Waals surface area contributed by atoms with Crippen LogP contribution < -0.4 is 0 Å². The molecule has 15 heavy (non-hydrogen) atoms. The molecule has 1 spiro atoms. The fraction of sp³-hybridized carbons (Fsp3) is 0.538. The molecule has 3 rings (SSSR count). The highest BCUT2D eigenvalue weighted by molar-refractivity contribution is 9.10. The lowest BCUT2D eigenvalue weighted by Gasteiger charge is -2.50. The summed E-state index contributed by atoms with van der Waals surface area (Å²) in [6.45, 7) is 0. The minimum Gasteiger partial charge on any atom is -0.392 e.